The van der Waals surface area contributed by atoms with Crippen molar-refractivity contribution < 1.29 is 41.6 Å². The van der Waals surface area contributed by atoms with Gasteiger partial charge in [-0.3, -0.25) is 4.79 Å². The molecule has 1 saturated heterocycles. The van der Waals surface area contributed by atoms with Gasteiger partial charge in [-0.1, -0.05) is 18.2 Å². The molecule has 2 heterocycles. The molecule has 4 rings (SSSR count). The van der Waals surface area contributed by atoms with E-state index in [2.05, 4.69) is 5.23 Å². The Morgan fingerprint density at radius 3 is 2.35 bits per heavy atom. The Morgan fingerprint density at radius 2 is 1.79 bits per heavy atom. The number of rotatable bonds is 7. The molecule has 0 amide bonds. The second-order valence-electron chi connectivity index (χ2n) is 13.2. The van der Waals surface area contributed by atoms with Crippen LogP contribution in [0.4, 0.5) is 13.2 Å². The number of carbonyl (C=O) groups excluding carboxylic acids is 1. The minimum atomic E-state index is -4.83. The third-order valence-electron chi connectivity index (χ3n) is 8.55. The molecular weight excluding hydrogens is 562 g/mol. The van der Waals surface area contributed by atoms with Crippen molar-refractivity contribution >= 4 is 18.5 Å². The summed E-state index contributed by atoms with van der Waals surface area (Å²) in [6.07, 6.45) is -3.35. The van der Waals surface area contributed by atoms with Crippen molar-refractivity contribution in [1.82, 2.24) is 5.23 Å². The zero-order valence-corrected chi connectivity index (χ0v) is 26.6. The van der Waals surface area contributed by atoms with Crippen LogP contribution in [0, 0.1) is 0 Å². The topological polar surface area (TPSA) is 75.3 Å². The van der Waals surface area contributed by atoms with E-state index in [1.54, 1.807) is 26.8 Å². The Morgan fingerprint density at radius 1 is 1.09 bits per heavy atom. The van der Waals surface area contributed by atoms with Crippen molar-refractivity contribution in [3.8, 4) is 16.9 Å². The third kappa shape index (κ3) is 6.90. The molecule has 1 atom stereocenters. The van der Waals surface area contributed by atoms with Crippen LogP contribution in [0.2, 0.25) is 0 Å². The van der Waals surface area contributed by atoms with Gasteiger partial charge in [0.05, 0.1) is 44.2 Å². The van der Waals surface area contributed by atoms with Crippen LogP contribution in [0.1, 0.15) is 83.1 Å². The Bertz CT molecular complexity index is 1340. The molecule has 1 fully saturated rings. The fourth-order valence-corrected chi connectivity index (χ4v) is 5.56. The van der Waals surface area contributed by atoms with Crippen LogP contribution in [-0.2, 0) is 42.9 Å². The van der Waals surface area contributed by atoms with Gasteiger partial charge in [0.15, 0.2) is 0 Å². The molecule has 0 aliphatic carbocycles. The van der Waals surface area contributed by atoms with Gasteiger partial charge in [-0.05, 0) is 89.6 Å². The molecule has 7 nitrogen and oxygen atoms in total. The van der Waals surface area contributed by atoms with Crippen LogP contribution in [-0.4, -0.2) is 57.2 Å². The van der Waals surface area contributed by atoms with E-state index >= 15 is 13.2 Å². The number of alkyl halides is 3. The summed E-state index contributed by atoms with van der Waals surface area (Å²) in [5.41, 5.74) is -0.467. The monoisotopic (exact) mass is 605 g/mol. The van der Waals surface area contributed by atoms with Crippen LogP contribution >= 0.6 is 0 Å². The molecule has 43 heavy (non-hydrogen) atoms. The maximum absolute atomic E-state index is 15.2. The van der Waals surface area contributed by atoms with Crippen LogP contribution < -0.4 is 15.4 Å². The fourth-order valence-electron chi connectivity index (χ4n) is 5.56. The van der Waals surface area contributed by atoms with Gasteiger partial charge < -0.3 is 28.8 Å². The summed E-state index contributed by atoms with van der Waals surface area (Å²) < 4.78 is 74.5. The Balaban J connectivity index is 2.09. The number of esters is 1. The Hall–Kier alpha value is -2.60. The predicted molar refractivity (Wildman–Crippen MR) is 160 cm³/mol. The van der Waals surface area contributed by atoms with Crippen LogP contribution in [0.15, 0.2) is 24.3 Å². The van der Waals surface area contributed by atoms with Crippen molar-refractivity contribution in [2.24, 2.45) is 0 Å². The van der Waals surface area contributed by atoms with Crippen molar-refractivity contribution in [2.75, 3.05) is 27.4 Å². The molecule has 0 saturated carbocycles. The highest BCUT2D eigenvalue weighted by molar-refractivity contribution is 6.67. The molecule has 2 aromatic rings. The van der Waals surface area contributed by atoms with E-state index in [9.17, 15) is 4.79 Å². The van der Waals surface area contributed by atoms with Crippen LogP contribution in [0.3, 0.4) is 0 Å². The lowest BCUT2D eigenvalue weighted by atomic mass is 9.69. The summed E-state index contributed by atoms with van der Waals surface area (Å²) in [4.78, 5) is 13.3. The molecule has 0 radical (unpaired) electrons. The predicted octanol–water partition coefficient (Wildman–Crippen LogP) is 5.79. The van der Waals surface area contributed by atoms with E-state index in [0.29, 0.717) is 25.2 Å². The number of fused-ring (bicyclic) bond motifs is 1. The van der Waals surface area contributed by atoms with Gasteiger partial charge in [-0.25, -0.2) is 0 Å². The average molecular weight is 606 g/mol. The standard InChI is InChI=1S/C32H43BF3NO6/c1-29(2,3)42-18-22(28(38)40-9)26-23(32(34,35)36)16-24(33-37-30(4,5)31(6,7)43-33)27(39-8)25(26)20-12-13-21-17-41-14-10-11-19(21)15-20/h12-13,15-16,22,37H,10-11,14,17-18H2,1-9H3. The van der Waals surface area contributed by atoms with Crippen molar-refractivity contribution in [2.45, 2.75) is 96.7 Å². The van der Waals surface area contributed by atoms with Gasteiger partial charge in [-0.15, -0.1) is 0 Å². The van der Waals surface area contributed by atoms with Crippen LogP contribution in [0.25, 0.3) is 11.1 Å². The minimum absolute atomic E-state index is 0.154. The van der Waals surface area contributed by atoms with E-state index in [-0.39, 0.29) is 28.9 Å². The molecule has 236 valence electrons. The van der Waals surface area contributed by atoms with Gasteiger partial charge >= 0.3 is 19.2 Å². The molecule has 2 aromatic carbocycles. The molecule has 1 N–H and O–H groups in total. The van der Waals surface area contributed by atoms with E-state index in [4.69, 9.17) is 23.6 Å². The van der Waals surface area contributed by atoms with E-state index in [1.807, 2.05) is 39.8 Å². The Kier molecular flexibility index (Phi) is 9.34. The molecule has 2 aliphatic rings. The zero-order valence-electron chi connectivity index (χ0n) is 26.6. The minimum Gasteiger partial charge on any atom is -0.497 e. The maximum Gasteiger partial charge on any atom is 0.420 e. The lowest BCUT2D eigenvalue weighted by Crippen LogP contribution is -2.52. The van der Waals surface area contributed by atoms with Gasteiger partial charge in [-0.2, -0.15) is 13.2 Å². The second-order valence-corrected chi connectivity index (χ2v) is 13.2. The largest absolute Gasteiger partial charge is 0.497 e. The first-order valence-corrected chi connectivity index (χ1v) is 14.6. The number of benzene rings is 2. The molecule has 0 bridgehead atoms. The quantitative estimate of drug-likeness (QED) is 0.317. The SMILES string of the molecule is COC(=O)C(COC(C)(C)C)c1c(C(F)(F)F)cc(B2NC(C)(C)C(C)(C)O2)c(OC)c1-c1ccc2c(c1)CCCOC2. The van der Waals surface area contributed by atoms with E-state index < -0.39 is 47.4 Å². The number of aryl methyl sites for hydroxylation is 1. The summed E-state index contributed by atoms with van der Waals surface area (Å²) in [5, 5.41) is 3.35. The first-order chi connectivity index (χ1) is 19.9. The number of halogens is 3. The van der Waals surface area contributed by atoms with Gasteiger partial charge in [0.2, 0.25) is 0 Å². The highest BCUT2D eigenvalue weighted by atomic mass is 19.4. The summed E-state index contributed by atoms with van der Waals surface area (Å²) in [7, 11) is 1.67. The average Bonchev–Trinajstić information content (AvgIpc) is 3.04. The lowest BCUT2D eigenvalue weighted by molar-refractivity contribution is -0.147. The number of hydrogen-bond acceptors (Lipinski definition) is 7. The highest BCUT2D eigenvalue weighted by Gasteiger charge is 2.52. The van der Waals surface area contributed by atoms with Gasteiger partial charge in [0.1, 0.15) is 11.7 Å². The van der Waals surface area contributed by atoms with Crippen LogP contribution in [0.5, 0.6) is 5.75 Å². The lowest BCUT2D eigenvalue weighted by Gasteiger charge is -2.33. The van der Waals surface area contributed by atoms with Gasteiger partial charge in [0, 0.05) is 23.2 Å². The number of hydrogen-bond donors (Lipinski definition) is 1. The summed E-state index contributed by atoms with van der Waals surface area (Å²) in [6, 6.07) is 6.55. The molecule has 2 aliphatic heterocycles. The third-order valence-corrected chi connectivity index (χ3v) is 8.55. The number of carbonyl (C=O) groups is 1. The zero-order chi connectivity index (χ0) is 32.0. The molecule has 0 aromatic heterocycles. The molecule has 1 unspecified atom stereocenters. The number of nitrogens with one attached hydrogen (secondary N) is 1. The second kappa shape index (κ2) is 12.1. The molecule has 0 spiro atoms. The van der Waals surface area contributed by atoms with E-state index in [0.717, 1.165) is 30.7 Å². The normalized spacial score (nSPS) is 19.0. The number of ether oxygens (including phenoxy) is 4. The van der Waals surface area contributed by atoms with Crippen molar-refractivity contribution in [3.05, 3.63) is 46.5 Å². The first kappa shape index (κ1) is 33.3. The van der Waals surface area contributed by atoms with Crippen molar-refractivity contribution in [3.63, 3.8) is 0 Å². The van der Waals surface area contributed by atoms with Gasteiger partial charge in [0.25, 0.3) is 0 Å². The Labute approximate surface area is 252 Å². The summed E-state index contributed by atoms with van der Waals surface area (Å²) in [5.74, 6) is -2.05. The number of methoxy groups -OCH3 is 2. The fraction of sp³-hybridized carbons (Fsp3) is 0.594. The molecule has 11 heteroatoms. The molecular formula is C32H43BF3NO6. The summed E-state index contributed by atoms with van der Waals surface area (Å²) >= 11 is 0. The first-order valence-electron chi connectivity index (χ1n) is 14.6. The smallest absolute Gasteiger partial charge is 0.420 e. The van der Waals surface area contributed by atoms with Crippen molar-refractivity contribution in [1.29, 1.82) is 0 Å². The van der Waals surface area contributed by atoms with E-state index in [1.165, 1.54) is 7.11 Å². The maximum atomic E-state index is 15.2. The summed E-state index contributed by atoms with van der Waals surface area (Å²) in [6.45, 7) is 13.7. The highest BCUT2D eigenvalue weighted by Crippen LogP contribution is 2.46.